The van der Waals surface area contributed by atoms with Crippen molar-refractivity contribution in [2.24, 2.45) is 0 Å². The van der Waals surface area contributed by atoms with E-state index in [-0.39, 0.29) is 5.91 Å². The Hall–Kier alpha value is -2.85. The highest BCUT2D eigenvalue weighted by Gasteiger charge is 2.24. The van der Waals surface area contributed by atoms with Gasteiger partial charge in [0.1, 0.15) is 6.61 Å². The van der Waals surface area contributed by atoms with Gasteiger partial charge < -0.3 is 9.64 Å². The van der Waals surface area contributed by atoms with Crippen LogP contribution in [0, 0.1) is 0 Å². The second-order valence-corrected chi connectivity index (χ2v) is 6.53. The Balaban J connectivity index is 1.71. The fourth-order valence-electron chi connectivity index (χ4n) is 3.14. The lowest BCUT2D eigenvalue weighted by atomic mass is 10.0. The van der Waals surface area contributed by atoms with Crippen LogP contribution in [0.1, 0.15) is 15.9 Å². The molecular weight excluding hydrogens is 348 g/mol. The van der Waals surface area contributed by atoms with Gasteiger partial charge in [-0.1, -0.05) is 48.0 Å². The maximum Gasteiger partial charge on any atom is 0.254 e. The predicted molar refractivity (Wildman–Crippen MR) is 101 cm³/mol. The zero-order chi connectivity index (χ0) is 17.9. The van der Waals surface area contributed by atoms with Crippen LogP contribution >= 0.6 is 11.6 Å². The summed E-state index contributed by atoms with van der Waals surface area (Å²) in [5, 5.41) is 0.550. The number of fused-ring (bicyclic) bond motifs is 1. The van der Waals surface area contributed by atoms with E-state index in [1.54, 1.807) is 35.4 Å². The zero-order valence-electron chi connectivity index (χ0n) is 14.1. The summed E-state index contributed by atoms with van der Waals surface area (Å²) in [4.78, 5) is 19.1. The van der Waals surface area contributed by atoms with Gasteiger partial charge in [0.25, 0.3) is 5.91 Å². The van der Waals surface area contributed by atoms with Crippen LogP contribution in [-0.2, 0) is 6.54 Å². The first-order valence-electron chi connectivity index (χ1n) is 8.43. The summed E-state index contributed by atoms with van der Waals surface area (Å²) in [6.07, 6.45) is 1.75. The van der Waals surface area contributed by atoms with Gasteiger partial charge in [0.05, 0.1) is 13.1 Å². The van der Waals surface area contributed by atoms with Crippen LogP contribution in [-0.4, -0.2) is 28.9 Å². The molecule has 4 rings (SSSR count). The third-order valence-corrected chi connectivity index (χ3v) is 4.64. The molecule has 0 spiro atoms. The van der Waals surface area contributed by atoms with Gasteiger partial charge in [0.15, 0.2) is 0 Å². The van der Waals surface area contributed by atoms with Crippen LogP contribution in [0.15, 0.2) is 66.9 Å². The SMILES string of the molecule is O=C(c1cccc(Cl)c1)N1CCOc2nccc(-c3ccccc3)c2C1. The minimum absolute atomic E-state index is 0.0631. The molecule has 0 fully saturated rings. The number of aromatic nitrogens is 1. The van der Waals surface area contributed by atoms with Crippen LogP contribution in [0.2, 0.25) is 5.02 Å². The molecule has 5 heteroatoms. The van der Waals surface area contributed by atoms with E-state index in [2.05, 4.69) is 4.98 Å². The minimum Gasteiger partial charge on any atom is -0.476 e. The molecule has 0 bridgehead atoms. The maximum atomic E-state index is 13.0. The van der Waals surface area contributed by atoms with E-state index >= 15 is 0 Å². The van der Waals surface area contributed by atoms with Gasteiger partial charge in [-0.2, -0.15) is 0 Å². The number of pyridine rings is 1. The lowest BCUT2D eigenvalue weighted by Gasteiger charge is -2.21. The van der Waals surface area contributed by atoms with Crippen molar-refractivity contribution in [3.8, 4) is 17.0 Å². The van der Waals surface area contributed by atoms with E-state index in [9.17, 15) is 4.79 Å². The molecule has 3 aromatic rings. The number of benzene rings is 2. The molecule has 1 amide bonds. The van der Waals surface area contributed by atoms with E-state index in [0.717, 1.165) is 16.7 Å². The Labute approximate surface area is 157 Å². The van der Waals surface area contributed by atoms with Crippen molar-refractivity contribution < 1.29 is 9.53 Å². The molecule has 0 aliphatic carbocycles. The van der Waals surface area contributed by atoms with Gasteiger partial charge in [-0.3, -0.25) is 4.79 Å². The molecule has 130 valence electrons. The summed E-state index contributed by atoms with van der Waals surface area (Å²) < 4.78 is 5.82. The highest BCUT2D eigenvalue weighted by molar-refractivity contribution is 6.30. The average Bonchev–Trinajstić information content (AvgIpc) is 2.90. The summed E-state index contributed by atoms with van der Waals surface area (Å²) >= 11 is 6.04. The lowest BCUT2D eigenvalue weighted by molar-refractivity contribution is 0.0733. The summed E-state index contributed by atoms with van der Waals surface area (Å²) in [5.41, 5.74) is 3.60. The van der Waals surface area contributed by atoms with Crippen molar-refractivity contribution in [3.63, 3.8) is 0 Å². The molecule has 0 N–H and O–H groups in total. The molecule has 0 saturated heterocycles. The third kappa shape index (κ3) is 3.28. The number of carbonyl (C=O) groups excluding carboxylic acids is 1. The molecule has 0 unspecified atom stereocenters. The summed E-state index contributed by atoms with van der Waals surface area (Å²) in [6.45, 7) is 1.35. The first kappa shape index (κ1) is 16.6. The number of rotatable bonds is 2. The molecule has 2 heterocycles. The number of nitrogens with zero attached hydrogens (tertiary/aromatic N) is 2. The van der Waals surface area contributed by atoms with Crippen molar-refractivity contribution in [2.45, 2.75) is 6.54 Å². The van der Waals surface area contributed by atoms with Crippen molar-refractivity contribution >= 4 is 17.5 Å². The fraction of sp³-hybridized carbons (Fsp3) is 0.143. The number of hydrogen-bond donors (Lipinski definition) is 0. The molecule has 0 atom stereocenters. The van der Waals surface area contributed by atoms with Gasteiger partial charge >= 0.3 is 0 Å². The average molecular weight is 365 g/mol. The van der Waals surface area contributed by atoms with E-state index in [0.29, 0.717) is 36.2 Å². The normalized spacial score (nSPS) is 13.5. The van der Waals surface area contributed by atoms with E-state index in [1.807, 2.05) is 36.4 Å². The van der Waals surface area contributed by atoms with Gasteiger partial charge in [-0.05, 0) is 35.4 Å². The van der Waals surface area contributed by atoms with Crippen LogP contribution in [0.5, 0.6) is 5.88 Å². The summed E-state index contributed by atoms with van der Waals surface area (Å²) in [7, 11) is 0. The molecule has 2 aromatic carbocycles. The van der Waals surface area contributed by atoms with Gasteiger partial charge in [0, 0.05) is 22.3 Å². The smallest absolute Gasteiger partial charge is 0.254 e. The zero-order valence-corrected chi connectivity index (χ0v) is 14.8. The standard InChI is InChI=1S/C21H17ClN2O2/c22-17-8-4-7-16(13-17)21(25)24-11-12-26-20-19(14-24)18(9-10-23-20)15-5-2-1-3-6-15/h1-10,13H,11-12,14H2. The monoisotopic (exact) mass is 364 g/mol. The van der Waals surface area contributed by atoms with Crippen LogP contribution in [0.25, 0.3) is 11.1 Å². The Kier molecular flexibility index (Phi) is 4.59. The second kappa shape index (κ2) is 7.18. The van der Waals surface area contributed by atoms with E-state index < -0.39 is 0 Å². The van der Waals surface area contributed by atoms with Crippen LogP contribution in [0.3, 0.4) is 0 Å². The molecule has 1 aliphatic rings. The van der Waals surface area contributed by atoms with E-state index in [4.69, 9.17) is 16.3 Å². The highest BCUT2D eigenvalue weighted by atomic mass is 35.5. The molecule has 4 nitrogen and oxygen atoms in total. The topological polar surface area (TPSA) is 42.4 Å². The molecule has 1 aliphatic heterocycles. The molecule has 0 radical (unpaired) electrons. The number of ether oxygens (including phenoxy) is 1. The third-order valence-electron chi connectivity index (χ3n) is 4.41. The molecule has 0 saturated carbocycles. The van der Waals surface area contributed by atoms with Crippen molar-refractivity contribution in [3.05, 3.63) is 83.0 Å². The van der Waals surface area contributed by atoms with Crippen LogP contribution < -0.4 is 4.74 Å². The van der Waals surface area contributed by atoms with Crippen molar-refractivity contribution in [1.29, 1.82) is 0 Å². The summed E-state index contributed by atoms with van der Waals surface area (Å²) in [5.74, 6) is 0.527. The van der Waals surface area contributed by atoms with Gasteiger partial charge in [-0.15, -0.1) is 0 Å². The van der Waals surface area contributed by atoms with Crippen LogP contribution in [0.4, 0.5) is 0 Å². The van der Waals surface area contributed by atoms with Gasteiger partial charge in [0.2, 0.25) is 5.88 Å². The molecular formula is C21H17ClN2O2. The predicted octanol–water partition coefficient (Wildman–Crippen LogP) is 4.44. The molecule has 26 heavy (non-hydrogen) atoms. The van der Waals surface area contributed by atoms with Crippen molar-refractivity contribution in [1.82, 2.24) is 9.88 Å². The first-order valence-corrected chi connectivity index (χ1v) is 8.81. The first-order chi connectivity index (χ1) is 12.7. The second-order valence-electron chi connectivity index (χ2n) is 6.09. The van der Waals surface area contributed by atoms with E-state index in [1.165, 1.54) is 0 Å². The van der Waals surface area contributed by atoms with Gasteiger partial charge in [-0.25, -0.2) is 4.98 Å². The number of hydrogen-bond acceptors (Lipinski definition) is 3. The lowest BCUT2D eigenvalue weighted by Crippen LogP contribution is -2.32. The number of carbonyl (C=O) groups is 1. The minimum atomic E-state index is -0.0631. The molecule has 1 aromatic heterocycles. The fourth-order valence-corrected chi connectivity index (χ4v) is 3.33. The maximum absolute atomic E-state index is 13.0. The Bertz CT molecular complexity index is 944. The Morgan fingerprint density at radius 2 is 1.92 bits per heavy atom. The van der Waals surface area contributed by atoms with Crippen molar-refractivity contribution in [2.75, 3.05) is 13.2 Å². The summed E-state index contributed by atoms with van der Waals surface area (Å²) in [6, 6.07) is 19.0. The quantitative estimate of drug-likeness (QED) is 0.675. The number of halogens is 1. The Morgan fingerprint density at radius 1 is 1.08 bits per heavy atom. The Morgan fingerprint density at radius 3 is 2.73 bits per heavy atom. The largest absolute Gasteiger partial charge is 0.476 e. The highest BCUT2D eigenvalue weighted by Crippen LogP contribution is 2.32. The number of amides is 1.